The Hall–Kier alpha value is -1.79. The second kappa shape index (κ2) is 5.07. The van der Waals surface area contributed by atoms with Crippen LogP contribution < -0.4 is 5.32 Å². The molecule has 0 radical (unpaired) electrons. The van der Waals surface area contributed by atoms with E-state index in [4.69, 9.17) is 4.52 Å². The molecule has 1 fully saturated rings. The zero-order valence-electron chi connectivity index (χ0n) is 10.6. The van der Waals surface area contributed by atoms with Crippen molar-refractivity contribution in [3.05, 3.63) is 36.0 Å². The predicted molar refractivity (Wildman–Crippen MR) is 67.9 cm³/mol. The van der Waals surface area contributed by atoms with E-state index in [-0.39, 0.29) is 11.9 Å². The highest BCUT2D eigenvalue weighted by atomic mass is 19.1. The zero-order chi connectivity index (χ0) is 13.2. The van der Waals surface area contributed by atoms with E-state index >= 15 is 0 Å². The van der Waals surface area contributed by atoms with Crippen molar-refractivity contribution in [2.24, 2.45) is 0 Å². The summed E-state index contributed by atoms with van der Waals surface area (Å²) in [6.07, 6.45) is 0. The summed E-state index contributed by atoms with van der Waals surface area (Å²) in [6, 6.07) is 6.22. The third-order valence-corrected chi connectivity index (χ3v) is 3.20. The fourth-order valence-corrected chi connectivity index (χ4v) is 2.18. The number of hydrogen-bond donors (Lipinski definition) is 1. The minimum absolute atomic E-state index is 0.0357. The minimum atomic E-state index is -0.306. The molecule has 0 saturated carbocycles. The van der Waals surface area contributed by atoms with Crippen LogP contribution in [0, 0.1) is 5.82 Å². The molecule has 2 aromatic rings. The first-order valence-electron chi connectivity index (χ1n) is 6.24. The molecule has 0 bridgehead atoms. The first-order valence-corrected chi connectivity index (χ1v) is 6.24. The molecular formula is C13H15FN4O. The Bertz CT molecular complexity index is 571. The lowest BCUT2D eigenvalue weighted by Gasteiger charge is -2.28. The minimum Gasteiger partial charge on any atom is -0.337 e. The number of benzene rings is 1. The largest absolute Gasteiger partial charge is 0.337 e. The number of aromatic nitrogens is 2. The van der Waals surface area contributed by atoms with E-state index in [0.717, 1.165) is 19.6 Å². The lowest BCUT2D eigenvalue weighted by atomic mass is 10.2. The first-order chi connectivity index (χ1) is 9.22. The van der Waals surface area contributed by atoms with Gasteiger partial charge >= 0.3 is 0 Å². The summed E-state index contributed by atoms with van der Waals surface area (Å²) in [6.45, 7) is 2.71. The van der Waals surface area contributed by atoms with Gasteiger partial charge in [0.2, 0.25) is 11.7 Å². The van der Waals surface area contributed by atoms with Crippen LogP contribution >= 0.6 is 0 Å². The van der Waals surface area contributed by atoms with E-state index in [9.17, 15) is 4.39 Å². The number of likely N-dealkylation sites (N-methyl/N-ethyl adjacent to an activating group) is 1. The van der Waals surface area contributed by atoms with Gasteiger partial charge in [-0.05, 0) is 19.2 Å². The second-order valence-corrected chi connectivity index (χ2v) is 4.74. The lowest BCUT2D eigenvalue weighted by molar-refractivity contribution is 0.208. The molecule has 2 heterocycles. The molecule has 1 N–H and O–H groups in total. The standard InChI is InChI=1S/C13H15FN4O/c1-18-6-5-15-11(8-18)13-16-12(17-19-13)9-3-2-4-10(14)7-9/h2-4,7,11,15H,5-6,8H2,1H3. The van der Waals surface area contributed by atoms with Crippen LogP contribution in [0.25, 0.3) is 11.4 Å². The molecule has 1 unspecified atom stereocenters. The Morgan fingerprint density at radius 2 is 2.37 bits per heavy atom. The molecule has 1 aromatic heterocycles. The number of hydrogen-bond acceptors (Lipinski definition) is 5. The van der Waals surface area contributed by atoms with Gasteiger partial charge in [0.1, 0.15) is 11.9 Å². The van der Waals surface area contributed by atoms with Crippen LogP contribution in [0.3, 0.4) is 0 Å². The van der Waals surface area contributed by atoms with Crippen molar-refractivity contribution in [1.29, 1.82) is 0 Å². The molecular weight excluding hydrogens is 247 g/mol. The molecule has 1 saturated heterocycles. The van der Waals surface area contributed by atoms with Crippen LogP contribution in [-0.2, 0) is 0 Å². The first kappa shape index (κ1) is 12.3. The number of halogens is 1. The van der Waals surface area contributed by atoms with E-state index in [1.165, 1.54) is 12.1 Å². The van der Waals surface area contributed by atoms with Gasteiger partial charge in [-0.2, -0.15) is 4.98 Å². The summed E-state index contributed by atoms with van der Waals surface area (Å²) in [5, 5.41) is 7.25. The fraction of sp³-hybridized carbons (Fsp3) is 0.385. The molecule has 6 heteroatoms. The molecule has 0 spiro atoms. The van der Waals surface area contributed by atoms with Crippen molar-refractivity contribution in [2.45, 2.75) is 6.04 Å². The summed E-state index contributed by atoms with van der Waals surface area (Å²) >= 11 is 0. The van der Waals surface area contributed by atoms with Gasteiger partial charge in [0.05, 0.1) is 0 Å². The number of nitrogens with one attached hydrogen (secondary N) is 1. The van der Waals surface area contributed by atoms with Gasteiger partial charge < -0.3 is 14.7 Å². The molecule has 1 atom stereocenters. The normalized spacial score (nSPS) is 20.6. The van der Waals surface area contributed by atoms with Crippen LogP contribution in [0.1, 0.15) is 11.9 Å². The Morgan fingerprint density at radius 1 is 1.47 bits per heavy atom. The summed E-state index contributed by atoms with van der Waals surface area (Å²) in [4.78, 5) is 6.55. The molecule has 5 nitrogen and oxygen atoms in total. The maximum absolute atomic E-state index is 13.2. The smallest absolute Gasteiger partial charge is 0.245 e. The number of rotatable bonds is 2. The van der Waals surface area contributed by atoms with Gasteiger partial charge in [0.15, 0.2) is 0 Å². The van der Waals surface area contributed by atoms with Crippen molar-refractivity contribution < 1.29 is 8.91 Å². The van der Waals surface area contributed by atoms with Crippen molar-refractivity contribution in [2.75, 3.05) is 26.7 Å². The SMILES string of the molecule is CN1CCNC(c2nc(-c3cccc(F)c3)no2)C1. The molecule has 1 aliphatic rings. The topological polar surface area (TPSA) is 54.2 Å². The summed E-state index contributed by atoms with van der Waals surface area (Å²) in [5.41, 5.74) is 0.624. The summed E-state index contributed by atoms with van der Waals surface area (Å²) in [5.74, 6) is 0.662. The van der Waals surface area contributed by atoms with Crippen LogP contribution in [0.5, 0.6) is 0 Å². The monoisotopic (exact) mass is 262 g/mol. The zero-order valence-corrected chi connectivity index (χ0v) is 10.6. The van der Waals surface area contributed by atoms with E-state index in [1.807, 2.05) is 0 Å². The van der Waals surface area contributed by atoms with Crippen molar-refractivity contribution in [3.63, 3.8) is 0 Å². The van der Waals surface area contributed by atoms with Gasteiger partial charge in [-0.3, -0.25) is 0 Å². The third-order valence-electron chi connectivity index (χ3n) is 3.20. The van der Waals surface area contributed by atoms with Gasteiger partial charge in [-0.1, -0.05) is 17.3 Å². The van der Waals surface area contributed by atoms with E-state index in [1.54, 1.807) is 12.1 Å². The number of piperazine rings is 1. The summed E-state index contributed by atoms with van der Waals surface area (Å²) < 4.78 is 18.4. The van der Waals surface area contributed by atoms with Gasteiger partial charge in [-0.15, -0.1) is 0 Å². The molecule has 1 aliphatic heterocycles. The van der Waals surface area contributed by atoms with Crippen LogP contribution in [0.2, 0.25) is 0 Å². The predicted octanol–water partition coefficient (Wildman–Crippen LogP) is 1.45. The highest BCUT2D eigenvalue weighted by molar-refractivity contribution is 5.53. The third kappa shape index (κ3) is 2.64. The second-order valence-electron chi connectivity index (χ2n) is 4.74. The lowest BCUT2D eigenvalue weighted by Crippen LogP contribution is -2.43. The van der Waals surface area contributed by atoms with Crippen LogP contribution in [0.4, 0.5) is 4.39 Å². The Labute approximate surface area is 110 Å². The Morgan fingerprint density at radius 3 is 3.16 bits per heavy atom. The van der Waals surface area contributed by atoms with Gasteiger partial charge in [-0.25, -0.2) is 4.39 Å². The van der Waals surface area contributed by atoms with Gasteiger partial charge in [0.25, 0.3) is 0 Å². The van der Waals surface area contributed by atoms with Crippen molar-refractivity contribution >= 4 is 0 Å². The quantitative estimate of drug-likeness (QED) is 0.887. The maximum Gasteiger partial charge on any atom is 0.245 e. The van der Waals surface area contributed by atoms with E-state index in [0.29, 0.717) is 17.3 Å². The molecule has 19 heavy (non-hydrogen) atoms. The molecule has 100 valence electrons. The van der Waals surface area contributed by atoms with Crippen molar-refractivity contribution in [3.8, 4) is 11.4 Å². The maximum atomic E-state index is 13.2. The van der Waals surface area contributed by atoms with Crippen LogP contribution in [-0.4, -0.2) is 41.7 Å². The van der Waals surface area contributed by atoms with Gasteiger partial charge in [0, 0.05) is 25.2 Å². The van der Waals surface area contributed by atoms with Crippen LogP contribution in [0.15, 0.2) is 28.8 Å². The fourth-order valence-electron chi connectivity index (χ4n) is 2.18. The Kier molecular flexibility index (Phi) is 3.27. The number of nitrogens with zero attached hydrogens (tertiary/aromatic N) is 3. The molecule has 1 aromatic carbocycles. The highest BCUT2D eigenvalue weighted by Crippen LogP contribution is 2.20. The summed E-state index contributed by atoms with van der Waals surface area (Å²) in [7, 11) is 2.05. The highest BCUT2D eigenvalue weighted by Gasteiger charge is 2.23. The Balaban J connectivity index is 1.83. The average Bonchev–Trinajstić information content (AvgIpc) is 2.88. The van der Waals surface area contributed by atoms with E-state index in [2.05, 4.69) is 27.4 Å². The molecule has 0 amide bonds. The molecule has 3 rings (SSSR count). The molecule has 0 aliphatic carbocycles. The van der Waals surface area contributed by atoms with E-state index < -0.39 is 0 Å². The average molecular weight is 262 g/mol. The van der Waals surface area contributed by atoms with Crippen molar-refractivity contribution in [1.82, 2.24) is 20.4 Å².